The van der Waals surface area contributed by atoms with Crippen LogP contribution in [0.1, 0.15) is 36.4 Å². The summed E-state index contributed by atoms with van der Waals surface area (Å²) in [6.07, 6.45) is 7.77. The van der Waals surface area contributed by atoms with Crippen LogP contribution in [-0.2, 0) is 22.7 Å². The number of amides is 1. The van der Waals surface area contributed by atoms with Gasteiger partial charge in [-0.3, -0.25) is 9.48 Å². The summed E-state index contributed by atoms with van der Waals surface area (Å²) < 4.78 is 9.27. The molecule has 0 saturated heterocycles. The van der Waals surface area contributed by atoms with Crippen molar-refractivity contribution < 1.29 is 9.53 Å². The van der Waals surface area contributed by atoms with Gasteiger partial charge in [-0.2, -0.15) is 10.2 Å². The summed E-state index contributed by atoms with van der Waals surface area (Å²) in [5.74, 6) is 1.01. The van der Waals surface area contributed by atoms with E-state index in [0.717, 1.165) is 48.7 Å². The zero-order valence-corrected chi connectivity index (χ0v) is 16.0. The molecule has 1 fully saturated rings. The summed E-state index contributed by atoms with van der Waals surface area (Å²) in [6, 6.07) is 4.31. The van der Waals surface area contributed by atoms with Crippen LogP contribution in [0.5, 0.6) is 0 Å². The third-order valence-electron chi connectivity index (χ3n) is 5.66. The second-order valence-corrected chi connectivity index (χ2v) is 7.56. The molecule has 2 atom stereocenters. The zero-order valence-electron chi connectivity index (χ0n) is 16.0. The summed E-state index contributed by atoms with van der Waals surface area (Å²) in [5.41, 5.74) is 3.86. The third kappa shape index (κ3) is 3.49. The SMILES string of the molecule is C=CC(=O)N[C@H]1CC[C@@H](c2cc(Nc3cc4n(n3)CCOC4)c3ncnn3c2)C1. The summed E-state index contributed by atoms with van der Waals surface area (Å²) in [7, 11) is 0. The Morgan fingerprint density at radius 3 is 3.14 bits per heavy atom. The van der Waals surface area contributed by atoms with Crippen LogP contribution in [0, 0.1) is 0 Å². The molecule has 3 aromatic heterocycles. The van der Waals surface area contributed by atoms with E-state index in [1.807, 2.05) is 16.9 Å². The molecule has 3 aromatic rings. The maximum Gasteiger partial charge on any atom is 0.243 e. The Kier molecular flexibility index (Phi) is 4.51. The van der Waals surface area contributed by atoms with E-state index < -0.39 is 0 Å². The molecule has 2 aliphatic rings. The second kappa shape index (κ2) is 7.32. The Bertz CT molecular complexity index is 1050. The average Bonchev–Trinajstić information content (AvgIpc) is 3.46. The van der Waals surface area contributed by atoms with Gasteiger partial charge < -0.3 is 15.4 Å². The first-order valence-corrected chi connectivity index (χ1v) is 9.87. The lowest BCUT2D eigenvalue weighted by atomic mass is 9.98. The third-order valence-corrected chi connectivity index (χ3v) is 5.66. The van der Waals surface area contributed by atoms with Crippen LogP contribution in [0.25, 0.3) is 5.65 Å². The zero-order chi connectivity index (χ0) is 19.8. The molecule has 0 bridgehead atoms. The van der Waals surface area contributed by atoms with Crippen molar-refractivity contribution in [3.63, 3.8) is 0 Å². The number of ether oxygens (including phenoxy) is 1. The first-order valence-electron chi connectivity index (χ1n) is 9.87. The molecule has 9 nitrogen and oxygen atoms in total. The fourth-order valence-electron chi connectivity index (χ4n) is 4.23. The van der Waals surface area contributed by atoms with E-state index in [4.69, 9.17) is 4.74 Å². The quantitative estimate of drug-likeness (QED) is 0.645. The van der Waals surface area contributed by atoms with Crippen LogP contribution in [0.2, 0.25) is 0 Å². The van der Waals surface area contributed by atoms with Gasteiger partial charge in [0.15, 0.2) is 11.5 Å². The lowest BCUT2D eigenvalue weighted by Crippen LogP contribution is -2.31. The Morgan fingerprint density at radius 2 is 2.28 bits per heavy atom. The predicted molar refractivity (Wildman–Crippen MR) is 107 cm³/mol. The fourth-order valence-corrected chi connectivity index (χ4v) is 4.23. The summed E-state index contributed by atoms with van der Waals surface area (Å²) in [5, 5.41) is 15.4. The number of anilines is 2. The monoisotopic (exact) mass is 393 g/mol. The molecule has 150 valence electrons. The second-order valence-electron chi connectivity index (χ2n) is 7.56. The minimum absolute atomic E-state index is 0.113. The van der Waals surface area contributed by atoms with Crippen molar-refractivity contribution in [2.24, 2.45) is 0 Å². The number of rotatable bonds is 5. The fraction of sp³-hybridized carbons (Fsp3) is 0.400. The number of hydrogen-bond acceptors (Lipinski definition) is 6. The van der Waals surface area contributed by atoms with E-state index in [1.54, 1.807) is 10.8 Å². The highest BCUT2D eigenvalue weighted by Gasteiger charge is 2.27. The smallest absolute Gasteiger partial charge is 0.243 e. The number of hydrogen-bond donors (Lipinski definition) is 2. The van der Waals surface area contributed by atoms with Gasteiger partial charge in [-0.1, -0.05) is 6.58 Å². The lowest BCUT2D eigenvalue weighted by molar-refractivity contribution is -0.117. The largest absolute Gasteiger partial charge is 0.373 e. The Balaban J connectivity index is 1.41. The van der Waals surface area contributed by atoms with Crippen molar-refractivity contribution in [2.75, 3.05) is 11.9 Å². The predicted octanol–water partition coefficient (Wildman–Crippen LogP) is 2.14. The molecule has 4 heterocycles. The molecule has 29 heavy (non-hydrogen) atoms. The number of fused-ring (bicyclic) bond motifs is 2. The minimum Gasteiger partial charge on any atom is -0.373 e. The highest BCUT2D eigenvalue weighted by atomic mass is 16.5. The van der Waals surface area contributed by atoms with Crippen LogP contribution < -0.4 is 10.6 Å². The summed E-state index contributed by atoms with van der Waals surface area (Å²) >= 11 is 0. The van der Waals surface area contributed by atoms with Crippen LogP contribution in [-0.4, -0.2) is 42.9 Å². The average molecular weight is 393 g/mol. The lowest BCUT2D eigenvalue weighted by Gasteiger charge is -2.14. The number of carbonyl (C=O) groups is 1. The standard InChI is InChI=1S/C20H23N7O2/c1-2-19(28)23-15-4-3-13(7-15)14-8-17(20-21-12-22-27(20)10-14)24-18-9-16-11-29-6-5-26(16)25-18/h2,8-10,12-13,15H,1,3-7,11H2,(H,23,28)(H,24,25)/t13-,15+/m1/s1. The highest BCUT2D eigenvalue weighted by molar-refractivity contribution is 5.87. The van der Waals surface area contributed by atoms with Gasteiger partial charge in [0.25, 0.3) is 0 Å². The van der Waals surface area contributed by atoms with Crippen molar-refractivity contribution in [3.05, 3.63) is 48.6 Å². The van der Waals surface area contributed by atoms with Crippen molar-refractivity contribution >= 4 is 23.1 Å². The van der Waals surface area contributed by atoms with Crippen molar-refractivity contribution in [1.82, 2.24) is 29.7 Å². The molecule has 1 saturated carbocycles. The maximum absolute atomic E-state index is 11.6. The number of nitrogens with zero attached hydrogens (tertiary/aromatic N) is 5. The molecule has 1 amide bonds. The molecule has 0 spiro atoms. The molecular weight excluding hydrogens is 370 g/mol. The van der Waals surface area contributed by atoms with Gasteiger partial charge in [0.2, 0.25) is 5.91 Å². The normalized spacial score (nSPS) is 21.1. The number of carbonyl (C=O) groups excluding carboxylic acids is 1. The van der Waals surface area contributed by atoms with Crippen LogP contribution in [0.3, 0.4) is 0 Å². The van der Waals surface area contributed by atoms with Crippen LogP contribution >= 0.6 is 0 Å². The molecule has 0 unspecified atom stereocenters. The maximum atomic E-state index is 11.6. The van der Waals surface area contributed by atoms with Crippen LogP contribution in [0.15, 0.2) is 37.3 Å². The van der Waals surface area contributed by atoms with Crippen molar-refractivity contribution in [2.45, 2.75) is 44.4 Å². The molecule has 5 rings (SSSR count). The molecule has 0 aromatic carbocycles. The number of pyridine rings is 1. The first-order chi connectivity index (χ1) is 14.2. The molecule has 1 aliphatic heterocycles. The number of nitrogens with one attached hydrogen (secondary N) is 2. The van der Waals surface area contributed by atoms with E-state index in [1.165, 1.54) is 11.6 Å². The van der Waals surface area contributed by atoms with Crippen LogP contribution in [0.4, 0.5) is 11.5 Å². The minimum atomic E-state index is -0.113. The van der Waals surface area contributed by atoms with E-state index in [0.29, 0.717) is 19.1 Å². The Hall–Kier alpha value is -3.20. The Morgan fingerprint density at radius 1 is 1.34 bits per heavy atom. The van der Waals surface area contributed by atoms with Crippen molar-refractivity contribution in [3.8, 4) is 0 Å². The molecule has 1 aliphatic carbocycles. The Labute approximate surface area is 167 Å². The van der Waals surface area contributed by atoms with Gasteiger partial charge >= 0.3 is 0 Å². The summed E-state index contributed by atoms with van der Waals surface area (Å²) in [6.45, 7) is 5.55. The molecular formula is C20H23N7O2. The topological polar surface area (TPSA) is 98.4 Å². The highest BCUT2D eigenvalue weighted by Crippen LogP contribution is 2.36. The first kappa shape index (κ1) is 17.9. The van der Waals surface area contributed by atoms with Crippen molar-refractivity contribution in [1.29, 1.82) is 0 Å². The van der Waals surface area contributed by atoms with E-state index >= 15 is 0 Å². The molecule has 9 heteroatoms. The van der Waals surface area contributed by atoms with E-state index in [9.17, 15) is 4.79 Å². The van der Waals surface area contributed by atoms with E-state index in [2.05, 4.69) is 38.5 Å². The molecule has 0 radical (unpaired) electrons. The summed E-state index contributed by atoms with van der Waals surface area (Å²) in [4.78, 5) is 16.0. The van der Waals surface area contributed by atoms with Gasteiger partial charge in [0.05, 0.1) is 31.1 Å². The van der Waals surface area contributed by atoms with E-state index in [-0.39, 0.29) is 11.9 Å². The van der Waals surface area contributed by atoms with Gasteiger partial charge in [-0.15, -0.1) is 0 Å². The molecule has 2 N–H and O–H groups in total. The van der Waals surface area contributed by atoms with Gasteiger partial charge in [-0.25, -0.2) is 9.50 Å². The van der Waals surface area contributed by atoms with Gasteiger partial charge in [0.1, 0.15) is 6.33 Å². The van der Waals surface area contributed by atoms with Gasteiger partial charge in [-0.05, 0) is 42.9 Å². The number of aromatic nitrogens is 5. The van der Waals surface area contributed by atoms with Gasteiger partial charge in [0, 0.05) is 18.3 Å².